The number of hydrogen-bond donors (Lipinski definition) is 2. The molecule has 0 aliphatic carbocycles. The van der Waals surface area contributed by atoms with E-state index in [0.717, 1.165) is 19.4 Å². The van der Waals surface area contributed by atoms with Gasteiger partial charge in [-0.05, 0) is 25.5 Å². The second-order valence-corrected chi connectivity index (χ2v) is 4.62. The molecule has 2 rings (SSSR count). The van der Waals surface area contributed by atoms with Crippen molar-refractivity contribution in [3.05, 3.63) is 33.9 Å². The number of ether oxygens (including phenoxy) is 1. The SMILES string of the molecule is CNC(=O)c1ccc([N+](=O)[O-])c(OCC2CCCN2)c1. The zero-order chi connectivity index (χ0) is 14.5. The highest BCUT2D eigenvalue weighted by Gasteiger charge is 2.20. The fraction of sp³-hybridized carbons (Fsp3) is 0.462. The van der Waals surface area contributed by atoms with Gasteiger partial charge in [0.05, 0.1) is 4.92 Å². The zero-order valence-corrected chi connectivity index (χ0v) is 11.2. The van der Waals surface area contributed by atoms with Gasteiger partial charge in [0.25, 0.3) is 5.91 Å². The summed E-state index contributed by atoms with van der Waals surface area (Å²) in [7, 11) is 1.51. The maximum Gasteiger partial charge on any atom is 0.310 e. The molecule has 7 nitrogen and oxygen atoms in total. The molecule has 1 fully saturated rings. The van der Waals surface area contributed by atoms with Crippen LogP contribution in [-0.4, -0.2) is 37.1 Å². The Morgan fingerprint density at radius 3 is 3.00 bits per heavy atom. The standard InChI is InChI=1S/C13H17N3O4/c1-14-13(17)9-4-5-11(16(18)19)12(7-9)20-8-10-3-2-6-15-10/h4-5,7,10,15H,2-3,6,8H2,1H3,(H,14,17). The van der Waals surface area contributed by atoms with Gasteiger partial charge in [0, 0.05) is 30.8 Å². The minimum absolute atomic E-state index is 0.129. The first-order valence-electron chi connectivity index (χ1n) is 6.48. The molecule has 1 aliphatic heterocycles. The molecule has 108 valence electrons. The fourth-order valence-electron chi connectivity index (χ4n) is 2.16. The number of hydrogen-bond acceptors (Lipinski definition) is 5. The lowest BCUT2D eigenvalue weighted by Gasteiger charge is -2.12. The Morgan fingerprint density at radius 2 is 2.40 bits per heavy atom. The molecule has 1 amide bonds. The predicted molar refractivity (Wildman–Crippen MR) is 73.0 cm³/mol. The Hall–Kier alpha value is -2.15. The molecule has 0 bridgehead atoms. The van der Waals surface area contributed by atoms with Gasteiger partial charge in [-0.3, -0.25) is 14.9 Å². The van der Waals surface area contributed by atoms with Gasteiger partial charge < -0.3 is 15.4 Å². The fourth-order valence-corrected chi connectivity index (χ4v) is 2.16. The van der Waals surface area contributed by atoms with E-state index >= 15 is 0 Å². The normalized spacial score (nSPS) is 17.8. The van der Waals surface area contributed by atoms with Crippen LogP contribution in [-0.2, 0) is 0 Å². The van der Waals surface area contributed by atoms with E-state index in [1.165, 1.54) is 25.2 Å². The molecule has 7 heteroatoms. The minimum atomic E-state index is -0.509. The number of amides is 1. The van der Waals surface area contributed by atoms with Crippen LogP contribution in [0.4, 0.5) is 5.69 Å². The van der Waals surface area contributed by atoms with Crippen LogP contribution < -0.4 is 15.4 Å². The highest BCUT2D eigenvalue weighted by atomic mass is 16.6. The monoisotopic (exact) mass is 279 g/mol. The van der Waals surface area contributed by atoms with Crippen molar-refractivity contribution in [2.45, 2.75) is 18.9 Å². The Balaban J connectivity index is 2.17. The first-order chi connectivity index (χ1) is 9.61. The summed E-state index contributed by atoms with van der Waals surface area (Å²) in [6.07, 6.45) is 2.07. The van der Waals surface area contributed by atoms with Gasteiger partial charge in [-0.25, -0.2) is 0 Å². The second kappa shape index (κ2) is 6.33. The van der Waals surface area contributed by atoms with E-state index < -0.39 is 4.92 Å². The second-order valence-electron chi connectivity index (χ2n) is 4.62. The molecule has 1 atom stereocenters. The van der Waals surface area contributed by atoms with Gasteiger partial charge in [0.15, 0.2) is 5.75 Å². The van der Waals surface area contributed by atoms with Gasteiger partial charge in [0.1, 0.15) is 6.61 Å². The number of nitrogens with one attached hydrogen (secondary N) is 2. The number of carbonyl (C=O) groups is 1. The van der Waals surface area contributed by atoms with Crippen molar-refractivity contribution >= 4 is 11.6 Å². The van der Waals surface area contributed by atoms with Gasteiger partial charge in [-0.15, -0.1) is 0 Å². The minimum Gasteiger partial charge on any atom is -0.485 e. The van der Waals surface area contributed by atoms with E-state index in [1.807, 2.05) is 0 Å². The highest BCUT2D eigenvalue weighted by molar-refractivity contribution is 5.94. The van der Waals surface area contributed by atoms with E-state index in [2.05, 4.69) is 10.6 Å². The van der Waals surface area contributed by atoms with E-state index in [4.69, 9.17) is 4.74 Å². The van der Waals surface area contributed by atoms with Crippen molar-refractivity contribution in [2.24, 2.45) is 0 Å². The van der Waals surface area contributed by atoms with Crippen molar-refractivity contribution in [2.75, 3.05) is 20.2 Å². The Morgan fingerprint density at radius 1 is 1.60 bits per heavy atom. The van der Waals surface area contributed by atoms with Crippen LogP contribution in [0.15, 0.2) is 18.2 Å². The average molecular weight is 279 g/mol. The number of carbonyl (C=O) groups excluding carboxylic acids is 1. The first kappa shape index (κ1) is 14.3. The van der Waals surface area contributed by atoms with Crippen LogP contribution in [0.1, 0.15) is 23.2 Å². The van der Waals surface area contributed by atoms with Crippen molar-refractivity contribution < 1.29 is 14.5 Å². The molecule has 1 heterocycles. The average Bonchev–Trinajstić information content (AvgIpc) is 2.97. The van der Waals surface area contributed by atoms with Crippen molar-refractivity contribution in [1.29, 1.82) is 0 Å². The topological polar surface area (TPSA) is 93.5 Å². The summed E-state index contributed by atoms with van der Waals surface area (Å²) in [4.78, 5) is 22.0. The van der Waals surface area contributed by atoms with E-state index in [0.29, 0.717) is 12.2 Å². The number of benzene rings is 1. The highest BCUT2D eigenvalue weighted by Crippen LogP contribution is 2.28. The third kappa shape index (κ3) is 3.24. The Bertz CT molecular complexity index is 512. The summed E-state index contributed by atoms with van der Waals surface area (Å²) in [5.74, 6) is -0.173. The van der Waals surface area contributed by atoms with Gasteiger partial charge >= 0.3 is 5.69 Å². The number of nitro groups is 1. The number of nitrogens with zero attached hydrogens (tertiary/aromatic N) is 1. The maximum absolute atomic E-state index is 11.6. The van der Waals surface area contributed by atoms with E-state index in [-0.39, 0.29) is 23.4 Å². The van der Waals surface area contributed by atoms with E-state index in [9.17, 15) is 14.9 Å². The third-order valence-corrected chi connectivity index (χ3v) is 3.25. The zero-order valence-electron chi connectivity index (χ0n) is 11.2. The molecule has 0 saturated carbocycles. The third-order valence-electron chi connectivity index (χ3n) is 3.25. The summed E-state index contributed by atoms with van der Waals surface area (Å²) in [6, 6.07) is 4.32. The van der Waals surface area contributed by atoms with Crippen LogP contribution in [0.5, 0.6) is 5.75 Å². The summed E-state index contributed by atoms with van der Waals surface area (Å²) < 4.78 is 5.53. The number of nitro benzene ring substituents is 1. The van der Waals surface area contributed by atoms with Gasteiger partial charge in [0.2, 0.25) is 0 Å². The van der Waals surface area contributed by atoms with Crippen LogP contribution >= 0.6 is 0 Å². The summed E-state index contributed by atoms with van der Waals surface area (Å²) >= 11 is 0. The van der Waals surface area contributed by atoms with Crippen LogP contribution in [0.25, 0.3) is 0 Å². The Labute approximate surface area is 116 Å². The number of rotatable bonds is 5. The lowest BCUT2D eigenvalue weighted by molar-refractivity contribution is -0.385. The molecule has 1 aromatic rings. The molecule has 1 aliphatic rings. The molecule has 2 N–H and O–H groups in total. The molecule has 0 radical (unpaired) electrons. The summed E-state index contributed by atoms with van der Waals surface area (Å²) in [6.45, 7) is 1.30. The molecular weight excluding hydrogens is 262 g/mol. The van der Waals surface area contributed by atoms with Crippen LogP contribution in [0.2, 0.25) is 0 Å². The molecule has 0 aromatic heterocycles. The predicted octanol–water partition coefficient (Wildman–Crippen LogP) is 1.09. The summed E-state index contributed by atoms with van der Waals surface area (Å²) in [5, 5.41) is 16.7. The Kier molecular flexibility index (Phi) is 4.52. The molecule has 1 unspecified atom stereocenters. The largest absolute Gasteiger partial charge is 0.485 e. The lowest BCUT2D eigenvalue weighted by atomic mass is 10.1. The molecule has 1 aromatic carbocycles. The maximum atomic E-state index is 11.6. The molecule has 0 spiro atoms. The van der Waals surface area contributed by atoms with Crippen molar-refractivity contribution in [3.63, 3.8) is 0 Å². The van der Waals surface area contributed by atoms with Gasteiger partial charge in [-0.2, -0.15) is 0 Å². The lowest BCUT2D eigenvalue weighted by Crippen LogP contribution is -2.28. The molecule has 20 heavy (non-hydrogen) atoms. The first-order valence-corrected chi connectivity index (χ1v) is 6.48. The summed E-state index contributed by atoms with van der Waals surface area (Å²) in [5.41, 5.74) is 0.211. The molecule has 1 saturated heterocycles. The molecular formula is C13H17N3O4. The smallest absolute Gasteiger partial charge is 0.310 e. The van der Waals surface area contributed by atoms with Crippen LogP contribution in [0.3, 0.4) is 0 Å². The van der Waals surface area contributed by atoms with E-state index in [1.54, 1.807) is 0 Å². The van der Waals surface area contributed by atoms with Crippen LogP contribution in [0, 0.1) is 10.1 Å². The van der Waals surface area contributed by atoms with Crippen molar-refractivity contribution in [3.8, 4) is 5.75 Å². The quantitative estimate of drug-likeness (QED) is 0.621. The van der Waals surface area contributed by atoms with Crippen molar-refractivity contribution in [1.82, 2.24) is 10.6 Å². The van der Waals surface area contributed by atoms with Gasteiger partial charge in [-0.1, -0.05) is 0 Å².